The molecule has 0 amide bonds. The first-order valence-electron chi connectivity index (χ1n) is 25.3. The van der Waals surface area contributed by atoms with Gasteiger partial charge in [-0.15, -0.1) is 0 Å². The minimum absolute atomic E-state index is 0.00174. The van der Waals surface area contributed by atoms with Crippen molar-refractivity contribution < 1.29 is 15.7 Å². The smallest absolute Gasteiger partial charge is 0.149 e. The monoisotopic (exact) mass is 829 g/mol. The van der Waals surface area contributed by atoms with Crippen molar-refractivity contribution in [1.29, 1.82) is 0 Å². The molecule has 2 aromatic heterocycles. The second-order valence-electron chi connectivity index (χ2n) is 17.5. The van der Waals surface area contributed by atoms with E-state index in [4.69, 9.17) is 24.3 Å². The number of nitrogens with zero attached hydrogens (tertiary/aromatic N) is 3. The number of hydrogen-bond donors (Lipinski definition) is 0. The molecule has 0 fully saturated rings. The van der Waals surface area contributed by atoms with Gasteiger partial charge in [-0.3, -0.25) is 9.55 Å². The normalized spacial score (nSPS) is 13.9. The van der Waals surface area contributed by atoms with E-state index in [2.05, 4.69) is 111 Å². The van der Waals surface area contributed by atoms with E-state index in [0.29, 0.717) is 22.8 Å². The zero-order valence-electron chi connectivity index (χ0n) is 45.0. The lowest BCUT2D eigenvalue weighted by Gasteiger charge is -2.22. The molecule has 0 saturated carbocycles. The molecule has 63 heavy (non-hydrogen) atoms. The fraction of sp³-hybridized carbons (Fsp3) is 0.186. The van der Waals surface area contributed by atoms with E-state index in [0.717, 1.165) is 83.5 Å². The molecule has 0 bridgehead atoms. The van der Waals surface area contributed by atoms with Gasteiger partial charge >= 0.3 is 0 Å². The molecule has 0 atom stereocenters. The summed E-state index contributed by atoms with van der Waals surface area (Å²) in [7, 11) is 1.69. The van der Waals surface area contributed by atoms with Gasteiger partial charge in [0.2, 0.25) is 0 Å². The maximum atomic E-state index is 9.47. The summed E-state index contributed by atoms with van der Waals surface area (Å²) in [5.41, 5.74) is 13.5. The third kappa shape index (κ3) is 7.98. The highest BCUT2D eigenvalue weighted by molar-refractivity contribution is 5.98. The fourth-order valence-electron chi connectivity index (χ4n) is 8.61. The first-order chi connectivity index (χ1) is 33.6. The van der Waals surface area contributed by atoms with Gasteiger partial charge in [0.1, 0.15) is 11.6 Å². The van der Waals surface area contributed by atoms with Crippen LogP contribution in [0.25, 0.3) is 83.9 Å². The van der Waals surface area contributed by atoms with Crippen LogP contribution in [0.3, 0.4) is 0 Å². The number of aryl methyl sites for hydroxylation is 2. The molecule has 9 rings (SSSR count). The Labute approximate surface area is 384 Å². The molecular weight excluding hydrogens is 767 g/mol. The van der Waals surface area contributed by atoms with E-state index < -0.39 is 42.5 Å². The summed E-state index contributed by atoms with van der Waals surface area (Å²) in [5.74, 6) is 0.435. The standard InChI is InChI=1S/C59H55N3O/c1-37(2)49-35-51(43-19-14-11-15-20-43)55(36-50(49)42-17-12-10-13-18-42)62-54-22-16-21-48(56(54)61-58(62)52-30-39(4)29-40(5)57(52)63-9)45-31-46(33-47(32-45)59(6,7)8)53-34-44(27-28-60-53)41-25-23-38(3)24-26-41/h10-37H,1-9H3/i3D3,23D,24D,25D,26D,37D. The van der Waals surface area contributed by atoms with Crippen LogP contribution in [0.5, 0.6) is 5.75 Å². The minimum atomic E-state index is -2.82. The van der Waals surface area contributed by atoms with E-state index in [1.807, 2.05) is 63.2 Å². The van der Waals surface area contributed by atoms with Crippen molar-refractivity contribution in [3.8, 4) is 78.6 Å². The number of fused-ring (bicyclic) bond motifs is 1. The fourth-order valence-corrected chi connectivity index (χ4v) is 8.61. The molecule has 0 aliphatic rings. The summed E-state index contributed by atoms with van der Waals surface area (Å²) in [6.07, 6.45) is 1.57. The summed E-state index contributed by atoms with van der Waals surface area (Å²) >= 11 is 0. The number of rotatable bonds is 9. The van der Waals surface area contributed by atoms with Crippen molar-refractivity contribution >= 4 is 11.0 Å². The summed E-state index contributed by atoms with van der Waals surface area (Å²) in [6, 6.07) is 43.0. The summed E-state index contributed by atoms with van der Waals surface area (Å²) in [5, 5.41) is 0. The Morgan fingerprint density at radius 2 is 1.33 bits per heavy atom. The van der Waals surface area contributed by atoms with E-state index in [-0.39, 0.29) is 11.0 Å². The van der Waals surface area contributed by atoms with Gasteiger partial charge in [0.15, 0.2) is 0 Å². The van der Waals surface area contributed by atoms with Crippen LogP contribution in [-0.2, 0) is 5.41 Å². The lowest BCUT2D eigenvalue weighted by Crippen LogP contribution is -2.11. The van der Waals surface area contributed by atoms with Crippen molar-refractivity contribution in [3.05, 3.63) is 192 Å². The number of methoxy groups -OCH3 is 1. The molecule has 2 heterocycles. The zero-order chi connectivity index (χ0) is 50.9. The SMILES string of the molecule is [2H]c1c([2H])c(C([2H])([2H])[2H])c([2H])c([2H])c1-c1ccnc(-c2cc(-c3cccc4c3nc(-c3cc(C)cc(C)c3OC)n4-c3cc(-c4ccccc4)c(C([2H])(C)C)cc3-c3ccccc3)cc(C(C)(C)C)c2)c1. The topological polar surface area (TPSA) is 39.9 Å². The summed E-state index contributed by atoms with van der Waals surface area (Å²) in [4.78, 5) is 10.4. The Morgan fingerprint density at radius 3 is 2.00 bits per heavy atom. The van der Waals surface area contributed by atoms with Gasteiger partial charge in [-0.1, -0.05) is 149 Å². The van der Waals surface area contributed by atoms with Crippen LogP contribution < -0.4 is 4.74 Å². The van der Waals surface area contributed by atoms with Gasteiger partial charge in [0, 0.05) is 28.4 Å². The van der Waals surface area contributed by atoms with Crippen LogP contribution in [0.2, 0.25) is 0 Å². The lowest BCUT2D eigenvalue weighted by molar-refractivity contribution is 0.413. The van der Waals surface area contributed by atoms with Crippen molar-refractivity contribution in [2.75, 3.05) is 7.11 Å². The Hall–Kier alpha value is -7.04. The van der Waals surface area contributed by atoms with Crippen LogP contribution >= 0.6 is 0 Å². The number of ether oxygens (including phenoxy) is 1. The Morgan fingerprint density at radius 1 is 0.635 bits per heavy atom. The van der Waals surface area contributed by atoms with Crippen LogP contribution in [0, 0.1) is 20.7 Å². The third-order valence-corrected chi connectivity index (χ3v) is 11.7. The zero-order valence-corrected chi connectivity index (χ0v) is 37.0. The average Bonchev–Trinajstić information content (AvgIpc) is 3.72. The number of pyridine rings is 1. The van der Waals surface area contributed by atoms with E-state index >= 15 is 0 Å². The molecule has 4 nitrogen and oxygen atoms in total. The maximum absolute atomic E-state index is 9.47. The predicted molar refractivity (Wildman–Crippen MR) is 265 cm³/mol. The molecule has 0 saturated heterocycles. The molecule has 4 heteroatoms. The molecule has 0 aliphatic carbocycles. The highest BCUT2D eigenvalue weighted by Crippen LogP contribution is 2.45. The third-order valence-electron chi connectivity index (χ3n) is 11.7. The van der Waals surface area contributed by atoms with E-state index in [9.17, 15) is 1.37 Å². The molecule has 0 spiro atoms. The second-order valence-corrected chi connectivity index (χ2v) is 17.5. The quantitative estimate of drug-likeness (QED) is 0.145. The van der Waals surface area contributed by atoms with Gasteiger partial charge in [0.05, 0.1) is 40.6 Å². The molecule has 312 valence electrons. The number of aromatic nitrogens is 3. The van der Waals surface area contributed by atoms with Crippen molar-refractivity contribution in [2.45, 2.75) is 66.6 Å². The summed E-state index contributed by atoms with van der Waals surface area (Å²) < 4.78 is 76.6. The Balaban J connectivity index is 1.35. The molecule has 7 aromatic carbocycles. The minimum Gasteiger partial charge on any atom is -0.496 e. The van der Waals surface area contributed by atoms with Gasteiger partial charge in [-0.05, 0) is 136 Å². The first-order valence-corrected chi connectivity index (χ1v) is 21.3. The Bertz CT molecular complexity index is 3500. The second kappa shape index (κ2) is 16.7. The van der Waals surface area contributed by atoms with Crippen LogP contribution in [0.1, 0.15) is 79.3 Å². The lowest BCUT2D eigenvalue weighted by atomic mass is 9.83. The van der Waals surface area contributed by atoms with Gasteiger partial charge in [-0.2, -0.15) is 0 Å². The van der Waals surface area contributed by atoms with Crippen LogP contribution in [0.4, 0.5) is 0 Å². The highest BCUT2D eigenvalue weighted by Gasteiger charge is 2.26. The molecule has 9 aromatic rings. The van der Waals surface area contributed by atoms with Crippen LogP contribution in [0.15, 0.2) is 164 Å². The average molecular weight is 830 g/mol. The first kappa shape index (κ1) is 32.6. The Kier molecular flexibility index (Phi) is 8.64. The van der Waals surface area contributed by atoms with Gasteiger partial charge in [0.25, 0.3) is 0 Å². The number of hydrogen-bond acceptors (Lipinski definition) is 3. The number of benzene rings is 7. The maximum Gasteiger partial charge on any atom is 0.149 e. The van der Waals surface area contributed by atoms with E-state index in [1.54, 1.807) is 25.4 Å². The molecule has 0 radical (unpaired) electrons. The number of imidazole rings is 1. The van der Waals surface area contributed by atoms with Crippen molar-refractivity contribution in [2.24, 2.45) is 0 Å². The number of para-hydroxylation sites is 1. The molecule has 0 aliphatic heterocycles. The van der Waals surface area contributed by atoms with Crippen molar-refractivity contribution in [1.82, 2.24) is 14.5 Å². The highest BCUT2D eigenvalue weighted by atomic mass is 16.5. The van der Waals surface area contributed by atoms with E-state index in [1.165, 1.54) is 0 Å². The molecular formula is C59H55N3O. The molecule has 0 unspecified atom stereocenters. The predicted octanol–water partition coefficient (Wildman–Crippen LogP) is 15.8. The van der Waals surface area contributed by atoms with Crippen LogP contribution in [-0.4, -0.2) is 21.6 Å². The van der Waals surface area contributed by atoms with Crippen molar-refractivity contribution in [3.63, 3.8) is 0 Å². The summed E-state index contributed by atoms with van der Waals surface area (Å²) in [6.45, 7) is 11.6. The van der Waals surface area contributed by atoms with Gasteiger partial charge in [-0.25, -0.2) is 4.98 Å². The molecule has 0 N–H and O–H groups in total. The largest absolute Gasteiger partial charge is 0.496 e. The van der Waals surface area contributed by atoms with Gasteiger partial charge < -0.3 is 4.74 Å².